The van der Waals surface area contributed by atoms with E-state index in [0.717, 1.165) is 19.6 Å². The summed E-state index contributed by atoms with van der Waals surface area (Å²) in [6.45, 7) is 7.83. The van der Waals surface area contributed by atoms with Crippen molar-refractivity contribution in [1.29, 1.82) is 0 Å². The topological polar surface area (TPSA) is 44.7 Å². The first-order chi connectivity index (χ1) is 7.63. The van der Waals surface area contributed by atoms with E-state index in [9.17, 15) is 5.11 Å². The van der Waals surface area contributed by atoms with Gasteiger partial charge in [0, 0.05) is 26.2 Å². The van der Waals surface area contributed by atoms with E-state index in [-0.39, 0.29) is 18.2 Å². The average Bonchev–Trinajstić information content (AvgIpc) is 2.77. The van der Waals surface area contributed by atoms with Crippen LogP contribution in [-0.2, 0) is 4.74 Å². The number of likely N-dealkylation sites (tertiary alicyclic amines) is 1. The molecule has 2 N–H and O–H groups in total. The number of aliphatic hydroxyl groups is 1. The normalized spacial score (nSPS) is 23.2. The van der Waals surface area contributed by atoms with Crippen LogP contribution in [0.3, 0.4) is 0 Å². The van der Waals surface area contributed by atoms with E-state index >= 15 is 0 Å². The first kappa shape index (κ1) is 13.9. The number of ether oxygens (including phenoxy) is 1. The van der Waals surface area contributed by atoms with Crippen molar-refractivity contribution in [3.05, 3.63) is 0 Å². The van der Waals surface area contributed by atoms with Crippen molar-refractivity contribution in [2.75, 3.05) is 33.3 Å². The maximum Gasteiger partial charge on any atom is 0.0791 e. The second-order valence-corrected chi connectivity index (χ2v) is 4.80. The summed E-state index contributed by atoms with van der Waals surface area (Å²) in [5, 5.41) is 13.2. The Labute approximate surface area is 99.0 Å². The van der Waals surface area contributed by atoms with E-state index < -0.39 is 0 Å². The first-order valence-electron chi connectivity index (χ1n) is 6.30. The van der Waals surface area contributed by atoms with Gasteiger partial charge in [-0.25, -0.2) is 0 Å². The molecule has 3 unspecified atom stereocenters. The summed E-state index contributed by atoms with van der Waals surface area (Å²) in [7, 11) is 1.71. The van der Waals surface area contributed by atoms with Gasteiger partial charge in [0.1, 0.15) is 0 Å². The summed E-state index contributed by atoms with van der Waals surface area (Å²) >= 11 is 0. The van der Waals surface area contributed by atoms with Gasteiger partial charge in [-0.3, -0.25) is 0 Å². The van der Waals surface area contributed by atoms with Gasteiger partial charge in [0.05, 0.1) is 12.2 Å². The van der Waals surface area contributed by atoms with Gasteiger partial charge >= 0.3 is 0 Å². The smallest absolute Gasteiger partial charge is 0.0791 e. The molecule has 1 fully saturated rings. The summed E-state index contributed by atoms with van der Waals surface area (Å²) in [6.07, 6.45) is 2.46. The van der Waals surface area contributed by atoms with Crippen molar-refractivity contribution in [3.8, 4) is 0 Å². The summed E-state index contributed by atoms with van der Waals surface area (Å²) in [5.41, 5.74) is 0. The lowest BCUT2D eigenvalue weighted by molar-refractivity contribution is 0.0748. The van der Waals surface area contributed by atoms with Gasteiger partial charge in [-0.15, -0.1) is 0 Å². The number of aliphatic hydroxyl groups excluding tert-OH is 1. The molecule has 0 radical (unpaired) electrons. The third kappa shape index (κ3) is 4.78. The van der Waals surface area contributed by atoms with Crippen molar-refractivity contribution in [2.45, 2.75) is 44.9 Å². The van der Waals surface area contributed by atoms with Crippen molar-refractivity contribution in [1.82, 2.24) is 10.2 Å². The molecule has 1 saturated heterocycles. The highest BCUT2D eigenvalue weighted by Gasteiger charge is 2.17. The average molecular weight is 230 g/mol. The Kier molecular flexibility index (Phi) is 6.28. The SMILES string of the molecule is COC(C)C(C)NCC(O)CN1CCCC1. The van der Waals surface area contributed by atoms with Gasteiger partial charge in [0.25, 0.3) is 0 Å². The third-order valence-corrected chi connectivity index (χ3v) is 3.42. The summed E-state index contributed by atoms with van der Waals surface area (Å²) in [5.74, 6) is 0. The van der Waals surface area contributed by atoms with Gasteiger partial charge in [-0.05, 0) is 39.8 Å². The van der Waals surface area contributed by atoms with Crippen LogP contribution in [0, 0.1) is 0 Å². The summed E-state index contributed by atoms with van der Waals surface area (Å²) < 4.78 is 5.22. The molecule has 4 nitrogen and oxygen atoms in total. The lowest BCUT2D eigenvalue weighted by Crippen LogP contribution is -2.44. The zero-order valence-corrected chi connectivity index (χ0v) is 10.8. The van der Waals surface area contributed by atoms with E-state index in [1.165, 1.54) is 12.8 Å². The number of nitrogens with zero attached hydrogens (tertiary/aromatic N) is 1. The predicted molar refractivity (Wildman–Crippen MR) is 65.6 cm³/mol. The predicted octanol–water partition coefficient (Wildman–Crippen LogP) is 0.456. The van der Waals surface area contributed by atoms with E-state index in [1.54, 1.807) is 7.11 Å². The van der Waals surface area contributed by atoms with Gasteiger partial charge in [0.15, 0.2) is 0 Å². The molecule has 0 aromatic heterocycles. The monoisotopic (exact) mass is 230 g/mol. The second-order valence-electron chi connectivity index (χ2n) is 4.80. The molecular weight excluding hydrogens is 204 g/mol. The molecular formula is C12H26N2O2. The molecule has 0 aliphatic carbocycles. The van der Waals surface area contributed by atoms with Crippen LogP contribution in [-0.4, -0.2) is 61.5 Å². The Hall–Kier alpha value is -0.160. The Morgan fingerprint density at radius 1 is 1.31 bits per heavy atom. The van der Waals surface area contributed by atoms with E-state index in [2.05, 4.69) is 17.1 Å². The van der Waals surface area contributed by atoms with Crippen LogP contribution in [0.4, 0.5) is 0 Å². The number of hydrogen-bond acceptors (Lipinski definition) is 4. The molecule has 0 amide bonds. The number of β-amino-alcohol motifs (C(OH)–C–C–N with tert-alkyl or cyclic N) is 1. The summed E-state index contributed by atoms with van der Waals surface area (Å²) in [4.78, 5) is 2.33. The maximum absolute atomic E-state index is 9.87. The fraction of sp³-hybridized carbons (Fsp3) is 1.00. The van der Waals surface area contributed by atoms with Crippen LogP contribution in [0.25, 0.3) is 0 Å². The molecule has 0 saturated carbocycles. The van der Waals surface area contributed by atoms with Crippen molar-refractivity contribution in [3.63, 3.8) is 0 Å². The molecule has 1 rings (SSSR count). The minimum Gasteiger partial charge on any atom is -0.390 e. The molecule has 0 bridgehead atoms. The largest absolute Gasteiger partial charge is 0.390 e. The zero-order chi connectivity index (χ0) is 12.0. The quantitative estimate of drug-likeness (QED) is 0.667. The van der Waals surface area contributed by atoms with Crippen molar-refractivity contribution < 1.29 is 9.84 Å². The second kappa shape index (κ2) is 7.22. The number of hydrogen-bond donors (Lipinski definition) is 2. The standard InChI is InChI=1S/C12H26N2O2/c1-10(11(2)16-3)13-8-12(15)9-14-6-4-5-7-14/h10-13,15H,4-9H2,1-3H3. The molecule has 96 valence electrons. The number of rotatable bonds is 7. The number of methoxy groups -OCH3 is 1. The highest BCUT2D eigenvalue weighted by atomic mass is 16.5. The zero-order valence-electron chi connectivity index (χ0n) is 10.8. The van der Waals surface area contributed by atoms with Gasteiger partial charge in [-0.1, -0.05) is 0 Å². The minimum atomic E-state index is -0.274. The van der Waals surface area contributed by atoms with Crippen LogP contribution < -0.4 is 5.32 Å². The fourth-order valence-electron chi connectivity index (χ4n) is 2.02. The Morgan fingerprint density at radius 2 is 1.94 bits per heavy atom. The van der Waals surface area contributed by atoms with Crippen LogP contribution >= 0.6 is 0 Å². The van der Waals surface area contributed by atoms with E-state index in [1.807, 2.05) is 6.92 Å². The highest BCUT2D eigenvalue weighted by molar-refractivity contribution is 4.74. The fourth-order valence-corrected chi connectivity index (χ4v) is 2.02. The van der Waals surface area contributed by atoms with Crippen LogP contribution in [0.2, 0.25) is 0 Å². The molecule has 0 spiro atoms. The van der Waals surface area contributed by atoms with Crippen LogP contribution in [0.5, 0.6) is 0 Å². The summed E-state index contributed by atoms with van der Waals surface area (Å²) in [6, 6.07) is 0.276. The molecule has 0 aromatic carbocycles. The Balaban J connectivity index is 2.11. The van der Waals surface area contributed by atoms with E-state index in [0.29, 0.717) is 6.54 Å². The molecule has 1 aliphatic rings. The minimum absolute atomic E-state index is 0.180. The molecule has 1 heterocycles. The van der Waals surface area contributed by atoms with Gasteiger partial charge in [0.2, 0.25) is 0 Å². The van der Waals surface area contributed by atoms with Crippen molar-refractivity contribution >= 4 is 0 Å². The lowest BCUT2D eigenvalue weighted by Gasteiger charge is -2.24. The Bertz CT molecular complexity index is 184. The Morgan fingerprint density at radius 3 is 2.50 bits per heavy atom. The number of nitrogens with one attached hydrogen (secondary N) is 1. The molecule has 1 aliphatic heterocycles. The third-order valence-electron chi connectivity index (χ3n) is 3.42. The first-order valence-corrected chi connectivity index (χ1v) is 6.30. The van der Waals surface area contributed by atoms with E-state index in [4.69, 9.17) is 4.74 Å². The molecule has 0 aromatic rings. The van der Waals surface area contributed by atoms with Crippen LogP contribution in [0.15, 0.2) is 0 Å². The maximum atomic E-state index is 9.87. The van der Waals surface area contributed by atoms with Crippen LogP contribution in [0.1, 0.15) is 26.7 Å². The molecule has 3 atom stereocenters. The molecule has 4 heteroatoms. The van der Waals surface area contributed by atoms with Gasteiger partial charge in [-0.2, -0.15) is 0 Å². The lowest BCUT2D eigenvalue weighted by atomic mass is 10.2. The molecule has 16 heavy (non-hydrogen) atoms. The highest BCUT2D eigenvalue weighted by Crippen LogP contribution is 2.07. The van der Waals surface area contributed by atoms with Gasteiger partial charge < -0.3 is 20.1 Å². The van der Waals surface area contributed by atoms with Crippen molar-refractivity contribution in [2.24, 2.45) is 0 Å².